The molecule has 0 aromatic heterocycles. The number of ketones is 1. The zero-order chi connectivity index (χ0) is 41.0. The van der Waals surface area contributed by atoms with E-state index >= 15 is 0 Å². The van der Waals surface area contributed by atoms with E-state index in [1.807, 2.05) is 25.9 Å². The molecule has 0 aromatic carbocycles. The summed E-state index contributed by atoms with van der Waals surface area (Å²) in [5, 5.41) is 46.2. The first kappa shape index (κ1) is 46.6. The van der Waals surface area contributed by atoms with E-state index in [4.69, 9.17) is 33.2 Å². The number of carbonyl (C=O) groups excluding carboxylic acids is 3. The molecule has 18 atom stereocenters. The van der Waals surface area contributed by atoms with Gasteiger partial charge in [0.25, 0.3) is 0 Å². The highest BCUT2D eigenvalue weighted by Crippen LogP contribution is 2.40. The highest BCUT2D eigenvalue weighted by atomic mass is 16.7. The number of aliphatic hydroxyl groups is 4. The number of ether oxygens (including phenoxy) is 7. The van der Waals surface area contributed by atoms with Gasteiger partial charge in [-0.3, -0.25) is 14.4 Å². The van der Waals surface area contributed by atoms with Crippen LogP contribution in [0, 0.1) is 23.7 Å². The molecule has 0 amide bonds. The Labute approximate surface area is 321 Å². The van der Waals surface area contributed by atoms with Crippen molar-refractivity contribution in [1.29, 1.82) is 0 Å². The normalized spacial score (nSPS) is 46.1. The third-order valence-corrected chi connectivity index (χ3v) is 11.8. The fourth-order valence-corrected chi connectivity index (χ4v) is 8.49. The van der Waals surface area contributed by atoms with Crippen LogP contribution in [0.25, 0.3) is 0 Å². The largest absolute Gasteiger partial charge is 0.459 e. The molecule has 0 saturated carbocycles. The molecule has 0 aromatic rings. The quantitative estimate of drug-likeness (QED) is 0.249. The number of Topliss-reactive ketones (excluding diaryl/α,β-unsaturated/α-hetero) is 1. The van der Waals surface area contributed by atoms with Crippen molar-refractivity contribution in [2.24, 2.45) is 23.7 Å². The Morgan fingerprint density at radius 3 is 2.11 bits per heavy atom. The first-order valence-corrected chi connectivity index (χ1v) is 19.6. The summed E-state index contributed by atoms with van der Waals surface area (Å²) < 4.78 is 43.2. The molecule has 0 aliphatic carbocycles. The minimum absolute atomic E-state index is 0.109. The van der Waals surface area contributed by atoms with Crippen LogP contribution in [-0.4, -0.2) is 149 Å². The maximum absolute atomic E-state index is 14.1. The molecule has 3 fully saturated rings. The van der Waals surface area contributed by atoms with Crippen LogP contribution in [0.4, 0.5) is 0 Å². The first-order chi connectivity index (χ1) is 25.0. The van der Waals surface area contributed by atoms with E-state index in [-0.39, 0.29) is 37.8 Å². The number of hydrogen-bond donors (Lipinski definition) is 4. The molecule has 4 N–H and O–H groups in total. The topological polar surface area (TPSA) is 200 Å². The van der Waals surface area contributed by atoms with Gasteiger partial charge >= 0.3 is 11.9 Å². The minimum atomic E-state index is -2.01. The van der Waals surface area contributed by atoms with Crippen molar-refractivity contribution in [1.82, 2.24) is 4.90 Å². The lowest BCUT2D eigenvalue weighted by atomic mass is 9.74. The first-order valence-electron chi connectivity index (χ1n) is 19.6. The van der Waals surface area contributed by atoms with Crippen molar-refractivity contribution < 1.29 is 68.0 Å². The van der Waals surface area contributed by atoms with E-state index in [0.717, 1.165) is 0 Å². The van der Waals surface area contributed by atoms with Crippen LogP contribution in [0.15, 0.2) is 0 Å². The van der Waals surface area contributed by atoms with Crippen LogP contribution >= 0.6 is 0 Å². The zero-order valence-electron chi connectivity index (χ0n) is 34.6. The van der Waals surface area contributed by atoms with Gasteiger partial charge in [0.2, 0.25) is 0 Å². The summed E-state index contributed by atoms with van der Waals surface area (Å²) in [6.45, 7) is 16.3. The summed E-state index contributed by atoms with van der Waals surface area (Å²) in [5.74, 6) is -5.55. The second-order valence-electron chi connectivity index (χ2n) is 16.6. The molecule has 15 heteroatoms. The Morgan fingerprint density at radius 1 is 0.926 bits per heavy atom. The Hall–Kier alpha value is -1.79. The number of rotatable bonds is 9. The van der Waals surface area contributed by atoms with E-state index in [2.05, 4.69) is 0 Å². The SMILES string of the molecule is CCC(=O)OC1C(O[C@H]2[C@H](C)[C@@H](OC3CC(OC)C(O)C(C)O3)C(C)C(=O)O[C@@H](CC)[C@](C)(O)[C@@H](O)[C@H](C)C(=O)[C@@H](C)C[C@]2(C)O)OC(C)CC1N(C)C. The summed E-state index contributed by atoms with van der Waals surface area (Å²) >= 11 is 0. The number of hydrogen-bond acceptors (Lipinski definition) is 15. The van der Waals surface area contributed by atoms with E-state index < -0.39 is 114 Å². The Morgan fingerprint density at radius 2 is 1.56 bits per heavy atom. The predicted octanol–water partition coefficient (Wildman–Crippen LogP) is 2.36. The number of esters is 2. The van der Waals surface area contributed by atoms with Crippen molar-refractivity contribution in [3.8, 4) is 0 Å². The van der Waals surface area contributed by atoms with Crippen molar-refractivity contribution >= 4 is 17.7 Å². The average molecular weight is 776 g/mol. The maximum Gasteiger partial charge on any atom is 0.311 e. The lowest BCUT2D eigenvalue weighted by Gasteiger charge is -2.48. The predicted molar refractivity (Wildman–Crippen MR) is 196 cm³/mol. The fourth-order valence-electron chi connectivity index (χ4n) is 8.49. The van der Waals surface area contributed by atoms with Gasteiger partial charge in [0.1, 0.15) is 23.6 Å². The van der Waals surface area contributed by atoms with Crippen molar-refractivity contribution in [2.75, 3.05) is 21.2 Å². The molecule has 3 rings (SSSR count). The summed E-state index contributed by atoms with van der Waals surface area (Å²) in [6.07, 6.45) is -10.1. The monoisotopic (exact) mass is 775 g/mol. The van der Waals surface area contributed by atoms with Crippen molar-refractivity contribution in [3.05, 3.63) is 0 Å². The summed E-state index contributed by atoms with van der Waals surface area (Å²) in [5.41, 5.74) is -3.84. The van der Waals surface area contributed by atoms with E-state index in [1.165, 1.54) is 27.9 Å². The van der Waals surface area contributed by atoms with Crippen LogP contribution in [0.1, 0.15) is 101 Å². The Balaban J connectivity index is 2.22. The molecule has 0 spiro atoms. The second kappa shape index (κ2) is 19.1. The third kappa shape index (κ3) is 10.6. The smallest absolute Gasteiger partial charge is 0.311 e. The maximum atomic E-state index is 14.1. The average Bonchev–Trinajstić information content (AvgIpc) is 3.11. The number of aliphatic hydroxyl groups excluding tert-OH is 2. The van der Waals surface area contributed by atoms with Crippen LogP contribution < -0.4 is 0 Å². The summed E-state index contributed by atoms with van der Waals surface area (Å²) in [6, 6.07) is -0.315. The second-order valence-corrected chi connectivity index (χ2v) is 16.6. The molecule has 3 heterocycles. The Kier molecular flexibility index (Phi) is 16.5. The highest BCUT2D eigenvalue weighted by Gasteiger charge is 2.53. The molecular weight excluding hydrogens is 706 g/mol. The molecule has 9 unspecified atom stereocenters. The number of methoxy groups -OCH3 is 1. The van der Waals surface area contributed by atoms with Crippen LogP contribution in [0.5, 0.6) is 0 Å². The van der Waals surface area contributed by atoms with Crippen molar-refractivity contribution in [3.63, 3.8) is 0 Å². The van der Waals surface area contributed by atoms with Crippen LogP contribution in [0.2, 0.25) is 0 Å². The highest BCUT2D eigenvalue weighted by molar-refractivity contribution is 5.83. The van der Waals surface area contributed by atoms with E-state index in [1.54, 1.807) is 41.5 Å². The summed E-state index contributed by atoms with van der Waals surface area (Å²) in [7, 11) is 5.20. The molecule has 3 saturated heterocycles. The number of cyclic esters (lactones) is 1. The molecule has 0 bridgehead atoms. The van der Waals surface area contributed by atoms with Crippen molar-refractivity contribution in [2.45, 2.75) is 186 Å². The minimum Gasteiger partial charge on any atom is -0.459 e. The molecule has 15 nitrogen and oxygen atoms in total. The van der Waals surface area contributed by atoms with E-state index in [9.17, 15) is 34.8 Å². The Bertz CT molecular complexity index is 1250. The molecule has 3 aliphatic rings. The lowest BCUT2D eigenvalue weighted by Crippen LogP contribution is -2.61. The van der Waals surface area contributed by atoms with Gasteiger partial charge in [-0.1, -0.05) is 34.6 Å². The van der Waals surface area contributed by atoms with E-state index in [0.29, 0.717) is 6.42 Å². The number of likely N-dealkylation sites (N-methyl/N-ethyl adjacent to an activating group) is 1. The van der Waals surface area contributed by atoms with Gasteiger partial charge in [-0.2, -0.15) is 0 Å². The standard InChI is InChI=1S/C39H69NO14/c1-14-27-39(10,47)34(44)21(5)30(42)19(3)18-38(9,46)35(54-37-33(52-28(41)15-2)25(40(11)12)16-20(4)49-37)22(6)32(23(7)36(45)51-27)53-29-17-26(48-13)31(43)24(8)50-29/h19-27,29,31-35,37,43-44,46-47H,14-18H2,1-13H3/t19-,20?,21+,22+,23?,24?,25?,26?,27-,29?,31?,32+,33?,34-,35-,37?,38-,39-/m0/s1. The number of carbonyl (C=O) groups is 3. The van der Waals surface area contributed by atoms with Gasteiger partial charge in [0.05, 0.1) is 54.2 Å². The van der Waals surface area contributed by atoms with Gasteiger partial charge < -0.3 is 58.5 Å². The molecular formula is C39H69NO14. The van der Waals surface area contributed by atoms with Gasteiger partial charge in [-0.05, 0) is 68.0 Å². The van der Waals surface area contributed by atoms with Gasteiger partial charge in [-0.25, -0.2) is 0 Å². The lowest BCUT2D eigenvalue weighted by molar-refractivity contribution is -0.313. The fraction of sp³-hybridized carbons (Fsp3) is 0.923. The van der Waals surface area contributed by atoms with Crippen LogP contribution in [0.3, 0.4) is 0 Å². The van der Waals surface area contributed by atoms with Gasteiger partial charge in [0.15, 0.2) is 18.7 Å². The summed E-state index contributed by atoms with van der Waals surface area (Å²) in [4.78, 5) is 42.8. The molecule has 0 radical (unpaired) electrons. The molecule has 314 valence electrons. The number of nitrogens with zero attached hydrogens (tertiary/aromatic N) is 1. The van der Waals surface area contributed by atoms with Crippen LogP contribution in [-0.2, 0) is 47.5 Å². The van der Waals surface area contributed by atoms with Gasteiger partial charge in [0, 0.05) is 37.7 Å². The molecule has 54 heavy (non-hydrogen) atoms. The van der Waals surface area contributed by atoms with Gasteiger partial charge in [-0.15, -0.1) is 0 Å². The third-order valence-electron chi connectivity index (χ3n) is 11.8. The zero-order valence-corrected chi connectivity index (χ0v) is 34.6. The molecule has 3 aliphatic heterocycles.